The van der Waals surface area contributed by atoms with Gasteiger partial charge >= 0.3 is 6.18 Å². The fraction of sp³-hybridized carbons (Fsp3) is 0.375. The van der Waals surface area contributed by atoms with E-state index in [1.54, 1.807) is 24.3 Å². The van der Waals surface area contributed by atoms with Crippen LogP contribution in [0.3, 0.4) is 0 Å². The van der Waals surface area contributed by atoms with Gasteiger partial charge in [0.1, 0.15) is 5.75 Å². The molecule has 0 atom stereocenters. The van der Waals surface area contributed by atoms with Crippen LogP contribution in [0.5, 0.6) is 5.75 Å². The summed E-state index contributed by atoms with van der Waals surface area (Å²) in [6.45, 7) is 3.93. The quantitative estimate of drug-likeness (QED) is 0.383. The Morgan fingerprint density at radius 1 is 1.11 bits per heavy atom. The van der Waals surface area contributed by atoms with E-state index < -0.39 is 17.6 Å². The second-order valence-electron chi connectivity index (χ2n) is 7.94. The lowest BCUT2D eigenvalue weighted by Crippen LogP contribution is -2.30. The number of carbonyl (C=O) groups is 1. The van der Waals surface area contributed by atoms with E-state index in [0.29, 0.717) is 23.7 Å². The summed E-state index contributed by atoms with van der Waals surface area (Å²) in [7, 11) is 0. The molecule has 1 N–H and O–H groups in total. The van der Waals surface area contributed by atoms with Gasteiger partial charge in [0.25, 0.3) is 5.22 Å². The van der Waals surface area contributed by atoms with Crippen molar-refractivity contribution in [1.29, 1.82) is 0 Å². The van der Waals surface area contributed by atoms with E-state index in [9.17, 15) is 18.0 Å². The molecule has 0 radical (unpaired) electrons. The first-order valence-electron chi connectivity index (χ1n) is 11.3. The maximum atomic E-state index is 13.3. The van der Waals surface area contributed by atoms with Crippen molar-refractivity contribution in [3.63, 3.8) is 0 Å². The van der Waals surface area contributed by atoms with Crippen LogP contribution >= 0.6 is 11.8 Å². The predicted octanol–water partition coefficient (Wildman–Crippen LogP) is 5.88. The van der Waals surface area contributed by atoms with Gasteiger partial charge < -0.3 is 19.4 Å². The van der Waals surface area contributed by atoms with Crippen LogP contribution in [0.15, 0.2) is 52.1 Å². The number of thioether (sulfide) groups is 1. The lowest BCUT2D eigenvalue weighted by Gasteiger charge is -2.31. The molecular weight excluding hydrogens is 481 g/mol. The van der Waals surface area contributed by atoms with Crippen LogP contribution in [0.4, 0.5) is 24.5 Å². The van der Waals surface area contributed by atoms with Gasteiger partial charge in [0.15, 0.2) is 0 Å². The average Bonchev–Trinajstić information content (AvgIpc) is 3.32. The third kappa shape index (κ3) is 6.47. The highest BCUT2D eigenvalue weighted by Crippen LogP contribution is 2.36. The fourth-order valence-corrected chi connectivity index (χ4v) is 4.34. The Balaban J connectivity index is 1.42. The van der Waals surface area contributed by atoms with Crippen LogP contribution in [0.2, 0.25) is 0 Å². The number of aromatic nitrogens is 2. The number of amides is 1. The number of nitrogens with one attached hydrogen (secondary N) is 1. The number of carbonyl (C=O) groups excluding carboxylic acids is 1. The minimum absolute atomic E-state index is 0.0966. The monoisotopic (exact) mass is 506 g/mol. The number of nitrogens with zero attached hydrogens (tertiary/aromatic N) is 3. The molecule has 7 nitrogen and oxygen atoms in total. The number of piperidine rings is 1. The molecule has 3 aromatic rings. The molecule has 0 unspecified atom stereocenters. The number of benzene rings is 2. The number of hydrogen-bond acceptors (Lipinski definition) is 7. The van der Waals surface area contributed by atoms with Gasteiger partial charge in [-0.2, -0.15) is 13.2 Å². The second-order valence-corrected chi connectivity index (χ2v) is 8.87. The third-order valence-electron chi connectivity index (χ3n) is 5.44. The molecule has 2 aromatic carbocycles. The summed E-state index contributed by atoms with van der Waals surface area (Å²) < 4.78 is 50.9. The van der Waals surface area contributed by atoms with Crippen LogP contribution in [-0.2, 0) is 11.0 Å². The molecule has 1 fully saturated rings. The molecule has 35 heavy (non-hydrogen) atoms. The average molecular weight is 507 g/mol. The Kier molecular flexibility index (Phi) is 7.84. The lowest BCUT2D eigenvalue weighted by molar-refractivity contribution is -0.137. The summed E-state index contributed by atoms with van der Waals surface area (Å²) >= 11 is 1.01. The van der Waals surface area contributed by atoms with Crippen molar-refractivity contribution in [1.82, 2.24) is 10.2 Å². The number of anilines is 2. The van der Waals surface area contributed by atoms with Crippen molar-refractivity contribution in [2.45, 2.75) is 37.6 Å². The van der Waals surface area contributed by atoms with Gasteiger partial charge in [0.05, 0.1) is 29.3 Å². The van der Waals surface area contributed by atoms with E-state index in [-0.39, 0.29) is 16.7 Å². The maximum absolute atomic E-state index is 13.3. The summed E-state index contributed by atoms with van der Waals surface area (Å²) in [5, 5.41) is 10.8. The van der Waals surface area contributed by atoms with Crippen molar-refractivity contribution < 1.29 is 27.1 Å². The maximum Gasteiger partial charge on any atom is 0.416 e. The van der Waals surface area contributed by atoms with Crippen molar-refractivity contribution >= 4 is 29.0 Å². The largest absolute Gasteiger partial charge is 0.494 e. The molecule has 1 amide bonds. The minimum atomic E-state index is -4.50. The van der Waals surface area contributed by atoms with Gasteiger partial charge in [-0.3, -0.25) is 4.79 Å². The van der Waals surface area contributed by atoms with Gasteiger partial charge in [-0.05, 0) is 68.7 Å². The molecule has 1 aliphatic rings. The fourth-order valence-electron chi connectivity index (χ4n) is 3.78. The molecule has 2 heterocycles. The highest BCUT2D eigenvalue weighted by atomic mass is 32.2. The molecule has 0 bridgehead atoms. The zero-order chi connectivity index (χ0) is 24.8. The molecule has 1 aliphatic heterocycles. The third-order valence-corrected chi connectivity index (χ3v) is 6.26. The second kappa shape index (κ2) is 11.0. The highest BCUT2D eigenvalue weighted by molar-refractivity contribution is 7.99. The number of alkyl halides is 3. The van der Waals surface area contributed by atoms with Gasteiger partial charge in [0.2, 0.25) is 11.8 Å². The van der Waals surface area contributed by atoms with E-state index in [1.807, 2.05) is 11.8 Å². The van der Waals surface area contributed by atoms with Crippen LogP contribution in [0, 0.1) is 0 Å². The predicted molar refractivity (Wildman–Crippen MR) is 128 cm³/mol. The first kappa shape index (κ1) is 24.9. The topological polar surface area (TPSA) is 80.5 Å². The Hall–Kier alpha value is -3.21. The minimum Gasteiger partial charge on any atom is -0.494 e. The first-order valence-corrected chi connectivity index (χ1v) is 12.3. The summed E-state index contributed by atoms with van der Waals surface area (Å²) in [6, 6.07) is 10.6. The summed E-state index contributed by atoms with van der Waals surface area (Å²) in [5.74, 6) is 0.454. The highest BCUT2D eigenvalue weighted by Gasteiger charge is 2.32. The molecule has 11 heteroatoms. The Morgan fingerprint density at radius 3 is 2.54 bits per heavy atom. The lowest BCUT2D eigenvalue weighted by atomic mass is 10.1. The SMILES string of the molecule is CCOc1ccc(-c2nnc(SCC(=O)Nc3cc(C(F)(F)F)ccc3N3CCCCC3)o2)cc1. The van der Waals surface area contributed by atoms with E-state index in [0.717, 1.165) is 62.0 Å². The Bertz CT molecular complexity index is 1150. The normalized spacial score (nSPS) is 14.1. The molecule has 0 spiro atoms. The Morgan fingerprint density at radius 2 is 1.86 bits per heavy atom. The van der Waals surface area contributed by atoms with Crippen molar-refractivity contribution in [2.24, 2.45) is 0 Å². The van der Waals surface area contributed by atoms with E-state index >= 15 is 0 Å². The Labute approximate surface area is 205 Å². The molecule has 0 aliphatic carbocycles. The van der Waals surface area contributed by atoms with Crippen LogP contribution in [-0.4, -0.2) is 41.6 Å². The van der Waals surface area contributed by atoms with Gasteiger partial charge in [0, 0.05) is 18.7 Å². The molecule has 1 saturated heterocycles. The summed E-state index contributed by atoms with van der Waals surface area (Å²) in [4.78, 5) is 14.6. The van der Waals surface area contributed by atoms with Crippen LogP contribution < -0.4 is 15.0 Å². The molecule has 4 rings (SSSR count). The molecule has 0 saturated carbocycles. The summed E-state index contributed by atoms with van der Waals surface area (Å²) in [6.07, 6.45) is -1.51. The zero-order valence-electron chi connectivity index (χ0n) is 19.1. The van der Waals surface area contributed by atoms with Gasteiger partial charge in [-0.25, -0.2) is 0 Å². The zero-order valence-corrected chi connectivity index (χ0v) is 19.9. The number of halogens is 3. The molecular formula is C24H25F3N4O3S. The van der Waals surface area contributed by atoms with Crippen LogP contribution in [0.25, 0.3) is 11.5 Å². The summed E-state index contributed by atoms with van der Waals surface area (Å²) in [5.41, 5.74) is 0.630. The number of rotatable bonds is 8. The first-order chi connectivity index (χ1) is 16.8. The van der Waals surface area contributed by atoms with Gasteiger partial charge in [-0.1, -0.05) is 11.8 Å². The van der Waals surface area contributed by atoms with E-state index in [2.05, 4.69) is 15.5 Å². The van der Waals surface area contributed by atoms with Crippen molar-refractivity contribution in [2.75, 3.05) is 35.7 Å². The van der Waals surface area contributed by atoms with Crippen molar-refractivity contribution in [3.8, 4) is 17.2 Å². The van der Waals surface area contributed by atoms with E-state index in [4.69, 9.17) is 9.15 Å². The molecule has 1 aromatic heterocycles. The number of ether oxygens (including phenoxy) is 1. The van der Waals surface area contributed by atoms with Crippen molar-refractivity contribution in [3.05, 3.63) is 48.0 Å². The standard InChI is InChI=1S/C24H25F3N4O3S/c1-2-33-18-9-6-16(7-10-18)22-29-30-23(34-22)35-15-21(32)28-19-14-17(24(25,26)27)8-11-20(19)31-12-4-3-5-13-31/h6-11,14H,2-5,12-13,15H2,1H3,(H,28,32). The number of hydrogen-bond donors (Lipinski definition) is 1. The van der Waals surface area contributed by atoms with E-state index in [1.165, 1.54) is 6.07 Å². The smallest absolute Gasteiger partial charge is 0.416 e. The van der Waals surface area contributed by atoms with Gasteiger partial charge in [-0.15, -0.1) is 10.2 Å². The van der Waals surface area contributed by atoms with Crippen LogP contribution in [0.1, 0.15) is 31.7 Å². The molecule has 186 valence electrons.